The van der Waals surface area contributed by atoms with E-state index < -0.39 is 0 Å². The fourth-order valence-electron chi connectivity index (χ4n) is 3.70. The molecule has 1 fully saturated rings. The maximum Gasteiger partial charge on any atom is 0.107 e. The molecule has 2 unspecified atom stereocenters. The van der Waals surface area contributed by atoms with Crippen molar-refractivity contribution in [2.24, 2.45) is 0 Å². The van der Waals surface area contributed by atoms with Crippen LogP contribution in [0.2, 0.25) is 0 Å². The van der Waals surface area contributed by atoms with E-state index in [9.17, 15) is 5.11 Å². The molecule has 0 aromatic heterocycles. The van der Waals surface area contributed by atoms with Crippen LogP contribution in [-0.2, 0) is 9.47 Å². The largest absolute Gasteiger partial charge is 0.394 e. The van der Waals surface area contributed by atoms with Gasteiger partial charge in [-0.15, -0.1) is 0 Å². The number of rotatable bonds is 17. The molecule has 25 heavy (non-hydrogen) atoms. The van der Waals surface area contributed by atoms with Crippen LogP contribution in [-0.4, -0.2) is 37.1 Å². The number of ether oxygens (including phenoxy) is 2. The van der Waals surface area contributed by atoms with Crippen molar-refractivity contribution in [1.29, 1.82) is 0 Å². The highest BCUT2D eigenvalue weighted by atomic mass is 16.5. The van der Waals surface area contributed by atoms with Gasteiger partial charge >= 0.3 is 0 Å². The Balaban J connectivity index is 1.76. The molecule has 0 bridgehead atoms. The fourth-order valence-corrected chi connectivity index (χ4v) is 3.70. The molecule has 150 valence electrons. The maximum atomic E-state index is 9.28. The van der Waals surface area contributed by atoms with E-state index in [1.165, 1.54) is 83.5 Å². The lowest BCUT2D eigenvalue weighted by atomic mass is 10.0. The molecule has 0 aromatic rings. The topological polar surface area (TPSA) is 38.7 Å². The molecule has 1 aliphatic heterocycles. The number of hydrogen-bond acceptors (Lipinski definition) is 3. The van der Waals surface area contributed by atoms with Crippen molar-refractivity contribution in [3.8, 4) is 0 Å². The molecule has 0 aliphatic carbocycles. The lowest BCUT2D eigenvalue weighted by Crippen LogP contribution is -2.39. The van der Waals surface area contributed by atoms with Crippen LogP contribution in [0.15, 0.2) is 0 Å². The summed E-state index contributed by atoms with van der Waals surface area (Å²) in [7, 11) is 0. The van der Waals surface area contributed by atoms with E-state index in [0.29, 0.717) is 0 Å². The van der Waals surface area contributed by atoms with E-state index in [1.807, 2.05) is 0 Å². The second kappa shape index (κ2) is 17.3. The summed E-state index contributed by atoms with van der Waals surface area (Å²) in [5.74, 6) is 0. The molecule has 1 N–H and O–H groups in total. The van der Waals surface area contributed by atoms with Gasteiger partial charge in [-0.05, 0) is 19.3 Å². The van der Waals surface area contributed by atoms with Crippen molar-refractivity contribution >= 4 is 0 Å². The minimum Gasteiger partial charge on any atom is -0.394 e. The number of unbranched alkanes of at least 4 members (excludes halogenated alkanes) is 13. The molecule has 0 aromatic carbocycles. The standard InChI is InChI=1S/C22H44O3/c1-2-3-4-5-6-7-8-9-10-11-12-13-14-15-18-24-21-17-16-19-25-22(21)20-23/h21-23H,2-20H2,1H3. The highest BCUT2D eigenvalue weighted by Gasteiger charge is 2.25. The Kier molecular flexibility index (Phi) is 15.9. The first-order valence-corrected chi connectivity index (χ1v) is 11.2. The van der Waals surface area contributed by atoms with Crippen molar-refractivity contribution in [3.63, 3.8) is 0 Å². The zero-order valence-corrected chi connectivity index (χ0v) is 16.9. The molecule has 0 amide bonds. The number of hydrogen-bond donors (Lipinski definition) is 1. The zero-order valence-electron chi connectivity index (χ0n) is 16.9. The van der Waals surface area contributed by atoms with E-state index in [1.54, 1.807) is 0 Å². The highest BCUT2D eigenvalue weighted by Crippen LogP contribution is 2.18. The van der Waals surface area contributed by atoms with Crippen molar-refractivity contribution < 1.29 is 14.6 Å². The molecule has 3 heteroatoms. The van der Waals surface area contributed by atoms with Crippen LogP contribution >= 0.6 is 0 Å². The Morgan fingerprint density at radius 3 is 1.84 bits per heavy atom. The van der Waals surface area contributed by atoms with Crippen LogP contribution in [0.3, 0.4) is 0 Å². The van der Waals surface area contributed by atoms with Crippen LogP contribution in [0.25, 0.3) is 0 Å². The summed E-state index contributed by atoms with van der Waals surface area (Å²) in [4.78, 5) is 0. The molecule has 1 rings (SSSR count). The van der Waals surface area contributed by atoms with Gasteiger partial charge in [-0.25, -0.2) is 0 Å². The molecule has 0 spiro atoms. The van der Waals surface area contributed by atoms with Gasteiger partial charge in [-0.3, -0.25) is 0 Å². The quantitative estimate of drug-likeness (QED) is 0.324. The summed E-state index contributed by atoms with van der Waals surface area (Å²) in [6, 6.07) is 0. The van der Waals surface area contributed by atoms with Gasteiger partial charge < -0.3 is 14.6 Å². The minimum absolute atomic E-state index is 0.0867. The predicted molar refractivity (Wildman–Crippen MR) is 106 cm³/mol. The Morgan fingerprint density at radius 2 is 1.32 bits per heavy atom. The van der Waals surface area contributed by atoms with E-state index in [2.05, 4.69) is 6.92 Å². The summed E-state index contributed by atoms with van der Waals surface area (Å²) in [6.07, 6.45) is 21.5. The fraction of sp³-hybridized carbons (Fsp3) is 1.00. The summed E-state index contributed by atoms with van der Waals surface area (Å²) in [5.41, 5.74) is 0. The lowest BCUT2D eigenvalue weighted by Gasteiger charge is -2.30. The van der Waals surface area contributed by atoms with Crippen molar-refractivity contribution in [2.75, 3.05) is 19.8 Å². The molecule has 1 saturated heterocycles. The maximum absolute atomic E-state index is 9.28. The van der Waals surface area contributed by atoms with Gasteiger partial charge in [0.1, 0.15) is 6.10 Å². The van der Waals surface area contributed by atoms with Gasteiger partial charge in [0, 0.05) is 13.2 Å². The zero-order chi connectivity index (χ0) is 18.0. The van der Waals surface area contributed by atoms with Crippen molar-refractivity contribution in [2.45, 2.75) is 122 Å². The normalized spacial score (nSPS) is 20.9. The van der Waals surface area contributed by atoms with Crippen LogP contribution < -0.4 is 0 Å². The smallest absolute Gasteiger partial charge is 0.107 e. The second-order valence-corrected chi connectivity index (χ2v) is 7.74. The van der Waals surface area contributed by atoms with E-state index in [0.717, 1.165) is 32.5 Å². The monoisotopic (exact) mass is 356 g/mol. The third-order valence-corrected chi connectivity index (χ3v) is 5.39. The predicted octanol–water partition coefficient (Wildman–Crippen LogP) is 6.02. The molecular weight excluding hydrogens is 312 g/mol. The van der Waals surface area contributed by atoms with Gasteiger partial charge in [0.25, 0.3) is 0 Å². The minimum atomic E-state index is -0.0969. The van der Waals surface area contributed by atoms with Gasteiger partial charge in [0.2, 0.25) is 0 Å². The molecule has 0 radical (unpaired) electrons. The first kappa shape index (κ1) is 22.9. The Bertz CT molecular complexity index is 270. The number of aliphatic hydroxyl groups is 1. The summed E-state index contributed by atoms with van der Waals surface area (Å²) >= 11 is 0. The Hall–Kier alpha value is -0.120. The van der Waals surface area contributed by atoms with E-state index >= 15 is 0 Å². The second-order valence-electron chi connectivity index (χ2n) is 7.74. The van der Waals surface area contributed by atoms with Gasteiger partial charge in [-0.1, -0.05) is 90.4 Å². The molecule has 3 nitrogen and oxygen atoms in total. The van der Waals surface area contributed by atoms with Gasteiger partial charge in [0.15, 0.2) is 0 Å². The summed E-state index contributed by atoms with van der Waals surface area (Å²) < 4.78 is 11.4. The third kappa shape index (κ3) is 12.8. The van der Waals surface area contributed by atoms with Crippen molar-refractivity contribution in [3.05, 3.63) is 0 Å². The first-order valence-electron chi connectivity index (χ1n) is 11.2. The molecule has 2 atom stereocenters. The lowest BCUT2D eigenvalue weighted by molar-refractivity contribution is -0.122. The Labute approximate surface area is 156 Å². The first-order chi connectivity index (χ1) is 12.4. The highest BCUT2D eigenvalue weighted by molar-refractivity contribution is 4.74. The van der Waals surface area contributed by atoms with Crippen LogP contribution in [0, 0.1) is 0 Å². The average Bonchev–Trinajstić information content (AvgIpc) is 2.65. The number of aliphatic hydroxyl groups excluding tert-OH is 1. The van der Waals surface area contributed by atoms with Crippen molar-refractivity contribution in [1.82, 2.24) is 0 Å². The molecular formula is C22H44O3. The van der Waals surface area contributed by atoms with Gasteiger partial charge in [0.05, 0.1) is 12.7 Å². The third-order valence-electron chi connectivity index (χ3n) is 5.39. The summed E-state index contributed by atoms with van der Waals surface area (Å²) in [6.45, 7) is 3.96. The molecule has 1 heterocycles. The molecule has 1 aliphatic rings. The Morgan fingerprint density at radius 1 is 0.800 bits per heavy atom. The summed E-state index contributed by atoms with van der Waals surface area (Å²) in [5, 5.41) is 9.28. The van der Waals surface area contributed by atoms with Crippen LogP contribution in [0.4, 0.5) is 0 Å². The van der Waals surface area contributed by atoms with Crippen LogP contribution in [0.1, 0.15) is 110 Å². The van der Waals surface area contributed by atoms with Gasteiger partial charge in [-0.2, -0.15) is 0 Å². The molecule has 0 saturated carbocycles. The van der Waals surface area contributed by atoms with E-state index in [4.69, 9.17) is 9.47 Å². The average molecular weight is 357 g/mol. The van der Waals surface area contributed by atoms with E-state index in [-0.39, 0.29) is 18.8 Å². The van der Waals surface area contributed by atoms with Crippen LogP contribution in [0.5, 0.6) is 0 Å². The SMILES string of the molecule is CCCCCCCCCCCCCCCCOC1CCCOC1CO.